The fourth-order valence-corrected chi connectivity index (χ4v) is 2.59. The van der Waals surface area contributed by atoms with Crippen LogP contribution in [0.4, 0.5) is 0 Å². The monoisotopic (exact) mass is 287 g/mol. The van der Waals surface area contributed by atoms with Gasteiger partial charge in [-0.25, -0.2) is 0 Å². The van der Waals surface area contributed by atoms with E-state index in [0.717, 1.165) is 12.8 Å². The van der Waals surface area contributed by atoms with Crippen LogP contribution in [0.25, 0.3) is 0 Å². The van der Waals surface area contributed by atoms with Crippen LogP contribution in [0.3, 0.4) is 0 Å². The minimum Gasteiger partial charge on any atom is -0.481 e. The van der Waals surface area contributed by atoms with Crippen molar-refractivity contribution in [2.24, 2.45) is 11.8 Å². The number of aliphatic carboxylic acids is 1. The Balaban J connectivity index is 2.48. The molecule has 2 atom stereocenters. The number of carboxylic acids is 1. The number of carboxylic acid groups (broad SMARTS) is 1. The lowest BCUT2D eigenvalue weighted by Gasteiger charge is -2.28. The summed E-state index contributed by atoms with van der Waals surface area (Å²) in [6.07, 6.45) is 2.52. The topological polar surface area (TPSA) is 84.9 Å². The Morgan fingerprint density at radius 2 is 1.70 bits per heavy atom. The van der Waals surface area contributed by atoms with Crippen molar-refractivity contribution in [3.8, 4) is 0 Å². The second-order valence-electron chi connectivity index (χ2n) is 4.92. The van der Waals surface area contributed by atoms with Crippen LogP contribution in [0.2, 0.25) is 0 Å². The first-order valence-corrected chi connectivity index (χ1v) is 7.33. The molecule has 2 N–H and O–H groups in total. The minimum absolute atomic E-state index is 0.207. The number of ether oxygens (including phenoxy) is 2. The van der Waals surface area contributed by atoms with Gasteiger partial charge in [0, 0.05) is 13.2 Å². The molecular weight excluding hydrogens is 262 g/mol. The van der Waals surface area contributed by atoms with Crippen LogP contribution in [-0.4, -0.2) is 43.0 Å². The van der Waals surface area contributed by atoms with Crippen LogP contribution < -0.4 is 5.32 Å². The molecule has 6 nitrogen and oxygen atoms in total. The van der Waals surface area contributed by atoms with E-state index in [1.807, 2.05) is 13.8 Å². The van der Waals surface area contributed by atoms with Crippen molar-refractivity contribution in [2.75, 3.05) is 19.8 Å². The predicted octanol–water partition coefficient (Wildman–Crippen LogP) is 1.39. The van der Waals surface area contributed by atoms with Crippen molar-refractivity contribution in [3.63, 3.8) is 0 Å². The SMILES string of the molecule is CCOC(CNC(=O)[C@H]1CCCC[C@@H]1C(=O)O)OCC. The van der Waals surface area contributed by atoms with Gasteiger partial charge < -0.3 is 19.9 Å². The van der Waals surface area contributed by atoms with E-state index in [2.05, 4.69) is 5.32 Å². The summed E-state index contributed by atoms with van der Waals surface area (Å²) in [6.45, 7) is 4.97. The van der Waals surface area contributed by atoms with E-state index in [-0.39, 0.29) is 12.5 Å². The molecule has 0 spiro atoms. The molecule has 0 saturated heterocycles. The average molecular weight is 287 g/mol. The van der Waals surface area contributed by atoms with Crippen molar-refractivity contribution in [1.29, 1.82) is 0 Å². The zero-order valence-corrected chi connectivity index (χ0v) is 12.3. The summed E-state index contributed by atoms with van der Waals surface area (Å²) in [6, 6.07) is 0. The Morgan fingerprint density at radius 1 is 1.15 bits per heavy atom. The van der Waals surface area contributed by atoms with Crippen LogP contribution in [0, 0.1) is 11.8 Å². The molecule has 0 aromatic rings. The number of carbonyl (C=O) groups is 2. The predicted molar refractivity (Wildman–Crippen MR) is 73.1 cm³/mol. The second-order valence-corrected chi connectivity index (χ2v) is 4.92. The summed E-state index contributed by atoms with van der Waals surface area (Å²) in [4.78, 5) is 23.3. The van der Waals surface area contributed by atoms with Gasteiger partial charge >= 0.3 is 5.97 Å². The Bertz CT molecular complexity index is 315. The maximum Gasteiger partial charge on any atom is 0.307 e. The summed E-state index contributed by atoms with van der Waals surface area (Å²) in [7, 11) is 0. The van der Waals surface area contributed by atoms with E-state index in [9.17, 15) is 14.7 Å². The maximum absolute atomic E-state index is 12.1. The molecule has 1 fully saturated rings. The van der Waals surface area contributed by atoms with Gasteiger partial charge in [0.15, 0.2) is 6.29 Å². The van der Waals surface area contributed by atoms with Gasteiger partial charge in [-0.2, -0.15) is 0 Å². The van der Waals surface area contributed by atoms with Crippen LogP contribution in [0.15, 0.2) is 0 Å². The van der Waals surface area contributed by atoms with E-state index in [0.29, 0.717) is 26.1 Å². The Hall–Kier alpha value is -1.14. The number of amides is 1. The zero-order valence-electron chi connectivity index (χ0n) is 12.3. The molecule has 1 amide bonds. The van der Waals surface area contributed by atoms with Crippen LogP contribution in [-0.2, 0) is 19.1 Å². The van der Waals surface area contributed by atoms with Gasteiger partial charge in [0.1, 0.15) is 0 Å². The molecule has 0 heterocycles. The third kappa shape index (κ3) is 5.09. The maximum atomic E-state index is 12.1. The average Bonchev–Trinajstić information content (AvgIpc) is 2.45. The van der Waals surface area contributed by atoms with E-state index in [1.54, 1.807) is 0 Å². The second kappa shape index (κ2) is 8.92. The fraction of sp³-hybridized carbons (Fsp3) is 0.857. The highest BCUT2D eigenvalue weighted by atomic mass is 16.7. The van der Waals surface area contributed by atoms with Gasteiger partial charge in [-0.15, -0.1) is 0 Å². The molecule has 1 aliphatic rings. The number of hydrogen-bond acceptors (Lipinski definition) is 4. The molecule has 0 unspecified atom stereocenters. The Labute approximate surface area is 119 Å². The zero-order chi connectivity index (χ0) is 15.0. The first kappa shape index (κ1) is 16.9. The van der Waals surface area contributed by atoms with Gasteiger partial charge in [0.2, 0.25) is 5.91 Å². The van der Waals surface area contributed by atoms with E-state index < -0.39 is 24.1 Å². The standard InChI is InChI=1S/C14H25NO5/c1-3-19-12(20-4-2)9-15-13(16)10-7-5-6-8-11(10)14(17)18/h10-12H,3-9H2,1-2H3,(H,15,16)(H,17,18)/t10-,11-/m0/s1. The van der Waals surface area contributed by atoms with E-state index in [4.69, 9.17) is 9.47 Å². The van der Waals surface area contributed by atoms with Crippen molar-refractivity contribution < 1.29 is 24.2 Å². The Morgan fingerprint density at radius 3 is 2.20 bits per heavy atom. The summed E-state index contributed by atoms with van der Waals surface area (Å²) in [5, 5.41) is 11.9. The number of carbonyl (C=O) groups excluding carboxylic acids is 1. The third-order valence-electron chi connectivity index (χ3n) is 3.57. The molecule has 1 aliphatic carbocycles. The molecular formula is C14H25NO5. The fourth-order valence-electron chi connectivity index (χ4n) is 2.59. The highest BCUT2D eigenvalue weighted by Crippen LogP contribution is 2.30. The molecule has 20 heavy (non-hydrogen) atoms. The molecule has 0 bridgehead atoms. The van der Waals surface area contributed by atoms with Gasteiger partial charge in [0.25, 0.3) is 0 Å². The van der Waals surface area contributed by atoms with Crippen LogP contribution >= 0.6 is 0 Å². The van der Waals surface area contributed by atoms with Crippen LogP contribution in [0.1, 0.15) is 39.5 Å². The van der Waals surface area contributed by atoms with Gasteiger partial charge in [-0.1, -0.05) is 12.8 Å². The molecule has 1 rings (SSSR count). The van der Waals surface area contributed by atoms with E-state index in [1.165, 1.54) is 0 Å². The lowest BCUT2D eigenvalue weighted by molar-refractivity contribution is -0.151. The first-order valence-electron chi connectivity index (χ1n) is 7.33. The van der Waals surface area contributed by atoms with Crippen molar-refractivity contribution in [3.05, 3.63) is 0 Å². The Kier molecular flexibility index (Phi) is 7.54. The quantitative estimate of drug-likeness (QED) is 0.659. The van der Waals surface area contributed by atoms with Crippen molar-refractivity contribution in [2.45, 2.75) is 45.8 Å². The number of rotatable bonds is 8. The molecule has 116 valence electrons. The summed E-state index contributed by atoms with van der Waals surface area (Å²) < 4.78 is 10.7. The smallest absolute Gasteiger partial charge is 0.307 e. The van der Waals surface area contributed by atoms with Crippen LogP contribution in [0.5, 0.6) is 0 Å². The lowest BCUT2D eigenvalue weighted by atomic mass is 9.79. The van der Waals surface area contributed by atoms with Gasteiger partial charge in [-0.05, 0) is 26.7 Å². The number of hydrogen-bond donors (Lipinski definition) is 2. The first-order chi connectivity index (χ1) is 9.60. The van der Waals surface area contributed by atoms with Gasteiger partial charge in [-0.3, -0.25) is 9.59 Å². The largest absolute Gasteiger partial charge is 0.481 e. The molecule has 1 saturated carbocycles. The van der Waals surface area contributed by atoms with Gasteiger partial charge in [0.05, 0.1) is 18.4 Å². The highest BCUT2D eigenvalue weighted by Gasteiger charge is 2.35. The lowest BCUT2D eigenvalue weighted by Crippen LogP contribution is -2.43. The molecule has 6 heteroatoms. The van der Waals surface area contributed by atoms with E-state index >= 15 is 0 Å². The summed E-state index contributed by atoms with van der Waals surface area (Å²) in [5.74, 6) is -2.09. The molecule has 0 aromatic carbocycles. The molecule has 0 aliphatic heterocycles. The summed E-state index contributed by atoms with van der Waals surface area (Å²) in [5.41, 5.74) is 0. The highest BCUT2D eigenvalue weighted by molar-refractivity contribution is 5.84. The summed E-state index contributed by atoms with van der Waals surface area (Å²) >= 11 is 0. The molecule has 0 aromatic heterocycles. The molecule has 0 radical (unpaired) electrons. The van der Waals surface area contributed by atoms with Crippen molar-refractivity contribution >= 4 is 11.9 Å². The third-order valence-corrected chi connectivity index (χ3v) is 3.57. The van der Waals surface area contributed by atoms with Crippen molar-refractivity contribution in [1.82, 2.24) is 5.32 Å². The minimum atomic E-state index is -0.879. The normalized spacial score (nSPS) is 22.8. The number of nitrogens with one attached hydrogen (secondary N) is 1.